The number of aromatic amines is 1. The second-order valence-electron chi connectivity index (χ2n) is 7.66. The zero-order valence-electron chi connectivity index (χ0n) is 18.1. The van der Waals surface area contributed by atoms with E-state index in [-0.39, 0.29) is 12.3 Å². The summed E-state index contributed by atoms with van der Waals surface area (Å²) in [5.74, 6) is 0.431. The molecule has 2 aromatic carbocycles. The second kappa shape index (κ2) is 9.09. The Balaban J connectivity index is 2.03. The number of aromatic nitrogens is 1. The van der Waals surface area contributed by atoms with Crippen LogP contribution in [0.1, 0.15) is 31.7 Å². The number of anilines is 1. The number of hydrogen-bond donors (Lipinski definition) is 4. The summed E-state index contributed by atoms with van der Waals surface area (Å²) in [6, 6.07) is 10.4. The number of carbonyl (C=O) groups excluding carboxylic acids is 2. The Labute approximate surface area is 180 Å². The van der Waals surface area contributed by atoms with E-state index in [1.54, 1.807) is 20.3 Å². The molecule has 0 unspecified atom stereocenters. The first-order valence-corrected chi connectivity index (χ1v) is 9.97. The molecule has 0 aliphatic rings. The van der Waals surface area contributed by atoms with E-state index in [9.17, 15) is 9.59 Å². The molecule has 1 atom stereocenters. The lowest BCUT2D eigenvalue weighted by Crippen LogP contribution is -2.38. The lowest BCUT2D eigenvalue weighted by molar-refractivity contribution is -0.123. The van der Waals surface area contributed by atoms with Crippen LogP contribution in [0.25, 0.3) is 22.2 Å². The molecule has 6 N–H and O–H groups in total. The van der Waals surface area contributed by atoms with Gasteiger partial charge >= 0.3 is 0 Å². The first-order valence-electron chi connectivity index (χ1n) is 9.97. The van der Waals surface area contributed by atoms with E-state index in [2.05, 4.69) is 24.1 Å². The van der Waals surface area contributed by atoms with E-state index in [4.69, 9.17) is 20.9 Å². The van der Waals surface area contributed by atoms with Crippen molar-refractivity contribution in [2.75, 3.05) is 19.5 Å². The smallest absolute Gasteiger partial charge is 0.241 e. The van der Waals surface area contributed by atoms with Crippen LogP contribution in [-0.2, 0) is 9.59 Å². The van der Waals surface area contributed by atoms with Gasteiger partial charge in [0.15, 0.2) is 11.5 Å². The van der Waals surface area contributed by atoms with Crippen LogP contribution in [0, 0.1) is 0 Å². The normalized spacial score (nSPS) is 12.1. The minimum Gasteiger partial charge on any atom is -0.493 e. The van der Waals surface area contributed by atoms with E-state index in [1.807, 2.05) is 30.3 Å². The molecule has 0 aliphatic heterocycles. The number of rotatable bonds is 8. The van der Waals surface area contributed by atoms with Crippen LogP contribution in [0.15, 0.2) is 36.4 Å². The van der Waals surface area contributed by atoms with Gasteiger partial charge in [0.25, 0.3) is 0 Å². The summed E-state index contributed by atoms with van der Waals surface area (Å²) in [5.41, 5.74) is 15.5. The van der Waals surface area contributed by atoms with Crippen LogP contribution < -0.4 is 26.3 Å². The number of nitrogens with two attached hydrogens (primary N) is 2. The molecule has 2 amide bonds. The van der Waals surface area contributed by atoms with Crippen molar-refractivity contribution in [3.8, 4) is 22.8 Å². The van der Waals surface area contributed by atoms with Gasteiger partial charge in [-0.1, -0.05) is 13.8 Å². The molecule has 1 aromatic heterocycles. The minimum atomic E-state index is -0.994. The highest BCUT2D eigenvalue weighted by atomic mass is 16.5. The first kappa shape index (κ1) is 22.2. The fraction of sp³-hybridized carbons (Fsp3) is 0.304. The second-order valence-corrected chi connectivity index (χ2v) is 7.66. The Morgan fingerprint density at radius 3 is 2.39 bits per heavy atom. The van der Waals surface area contributed by atoms with Gasteiger partial charge < -0.3 is 31.2 Å². The fourth-order valence-corrected chi connectivity index (χ4v) is 3.65. The number of nitrogens with one attached hydrogen (secondary N) is 2. The summed E-state index contributed by atoms with van der Waals surface area (Å²) in [6.45, 7) is 4.22. The molecule has 8 heteroatoms. The average Bonchev–Trinajstić information content (AvgIpc) is 3.11. The van der Waals surface area contributed by atoms with E-state index in [1.165, 1.54) is 0 Å². The van der Waals surface area contributed by atoms with Gasteiger partial charge in [-0.2, -0.15) is 0 Å². The van der Waals surface area contributed by atoms with Crippen LogP contribution in [0.2, 0.25) is 0 Å². The van der Waals surface area contributed by atoms with Crippen molar-refractivity contribution < 1.29 is 19.1 Å². The number of ether oxygens (including phenoxy) is 2. The van der Waals surface area contributed by atoms with Crippen LogP contribution in [0.3, 0.4) is 0 Å². The maximum absolute atomic E-state index is 12.3. The summed E-state index contributed by atoms with van der Waals surface area (Å²) < 4.78 is 10.8. The van der Waals surface area contributed by atoms with Crippen molar-refractivity contribution in [3.05, 3.63) is 42.0 Å². The van der Waals surface area contributed by atoms with Gasteiger partial charge in [-0.25, -0.2) is 0 Å². The average molecular weight is 425 g/mol. The van der Waals surface area contributed by atoms with E-state index >= 15 is 0 Å². The number of methoxy groups -OCH3 is 2. The summed E-state index contributed by atoms with van der Waals surface area (Å²) in [6.07, 6.45) is -0.209. The molecule has 0 fully saturated rings. The quantitative estimate of drug-likeness (QED) is 0.441. The van der Waals surface area contributed by atoms with Crippen molar-refractivity contribution in [2.24, 2.45) is 11.5 Å². The highest BCUT2D eigenvalue weighted by Crippen LogP contribution is 2.39. The lowest BCUT2D eigenvalue weighted by atomic mass is 9.95. The number of hydrogen-bond acceptors (Lipinski definition) is 5. The Bertz CT molecular complexity index is 1120. The Morgan fingerprint density at radius 1 is 1.06 bits per heavy atom. The molecular formula is C23H28N4O4. The standard InChI is InChI=1S/C23H28N4O4/c1-12(2)21-15-10-14(26-23(29)16(24)11-20(25)28)6-7-17(15)27-22(21)13-5-8-18(30-3)19(9-13)31-4/h5-10,12,16,27H,11,24H2,1-4H3,(H2,25,28)(H,26,29)/t16-/m0/s1. The number of fused-ring (bicyclic) bond motifs is 1. The van der Waals surface area contributed by atoms with Gasteiger partial charge in [-0.15, -0.1) is 0 Å². The third-order valence-corrected chi connectivity index (χ3v) is 5.11. The van der Waals surface area contributed by atoms with E-state index in [0.717, 1.165) is 27.7 Å². The zero-order chi connectivity index (χ0) is 22.7. The van der Waals surface area contributed by atoms with Gasteiger partial charge in [-0.05, 0) is 47.9 Å². The minimum absolute atomic E-state index is 0.208. The Morgan fingerprint density at radius 2 is 1.77 bits per heavy atom. The highest BCUT2D eigenvalue weighted by molar-refractivity contribution is 6.00. The first-order chi connectivity index (χ1) is 14.7. The van der Waals surface area contributed by atoms with Crippen molar-refractivity contribution in [3.63, 3.8) is 0 Å². The highest BCUT2D eigenvalue weighted by Gasteiger charge is 2.20. The van der Waals surface area contributed by atoms with Gasteiger partial charge in [-0.3, -0.25) is 9.59 Å². The Hall–Kier alpha value is -3.52. The van der Waals surface area contributed by atoms with Crippen LogP contribution in [0.4, 0.5) is 5.69 Å². The number of carbonyl (C=O) groups is 2. The molecular weight excluding hydrogens is 396 g/mol. The van der Waals surface area contributed by atoms with Crippen molar-refractivity contribution >= 4 is 28.4 Å². The molecule has 0 aliphatic carbocycles. The van der Waals surface area contributed by atoms with E-state index in [0.29, 0.717) is 17.2 Å². The molecule has 8 nitrogen and oxygen atoms in total. The fourth-order valence-electron chi connectivity index (χ4n) is 3.65. The molecule has 164 valence electrons. The summed E-state index contributed by atoms with van der Waals surface area (Å²) in [4.78, 5) is 26.8. The van der Waals surface area contributed by atoms with Crippen LogP contribution in [0.5, 0.6) is 11.5 Å². The SMILES string of the molecule is COc1ccc(-c2[nH]c3ccc(NC(=O)[C@@H](N)CC(N)=O)cc3c2C(C)C)cc1OC. The largest absolute Gasteiger partial charge is 0.493 e. The maximum Gasteiger partial charge on any atom is 0.241 e. The third-order valence-electron chi connectivity index (χ3n) is 5.11. The topological polar surface area (TPSA) is 132 Å². The molecule has 0 bridgehead atoms. The lowest BCUT2D eigenvalue weighted by Gasteiger charge is -2.13. The molecule has 0 radical (unpaired) electrons. The van der Waals surface area contributed by atoms with E-state index < -0.39 is 17.9 Å². The third kappa shape index (κ3) is 4.64. The van der Waals surface area contributed by atoms with Gasteiger partial charge in [0.1, 0.15) is 0 Å². The van der Waals surface area contributed by atoms with Gasteiger partial charge in [0, 0.05) is 22.2 Å². The van der Waals surface area contributed by atoms with Crippen molar-refractivity contribution in [1.82, 2.24) is 4.98 Å². The van der Waals surface area contributed by atoms with Gasteiger partial charge in [0.05, 0.1) is 32.4 Å². The number of amides is 2. The monoisotopic (exact) mass is 424 g/mol. The van der Waals surface area contributed by atoms with Crippen LogP contribution in [-0.4, -0.2) is 37.1 Å². The summed E-state index contributed by atoms with van der Waals surface area (Å²) >= 11 is 0. The predicted octanol–water partition coefficient (Wildman–Crippen LogP) is 3.12. The number of primary amides is 1. The Kier molecular flexibility index (Phi) is 6.50. The molecule has 3 rings (SSSR count). The molecule has 0 saturated heterocycles. The molecule has 0 spiro atoms. The number of benzene rings is 2. The van der Waals surface area contributed by atoms with Crippen molar-refractivity contribution in [1.29, 1.82) is 0 Å². The van der Waals surface area contributed by atoms with Crippen molar-refractivity contribution in [2.45, 2.75) is 32.2 Å². The summed E-state index contributed by atoms with van der Waals surface area (Å²) in [7, 11) is 3.21. The predicted molar refractivity (Wildman–Crippen MR) is 121 cm³/mol. The molecule has 3 aromatic rings. The van der Waals surface area contributed by atoms with Crippen LogP contribution >= 0.6 is 0 Å². The molecule has 0 saturated carbocycles. The zero-order valence-corrected chi connectivity index (χ0v) is 18.1. The van der Waals surface area contributed by atoms with Gasteiger partial charge in [0.2, 0.25) is 11.8 Å². The molecule has 1 heterocycles. The summed E-state index contributed by atoms with van der Waals surface area (Å²) in [5, 5.41) is 3.75. The maximum atomic E-state index is 12.3. The molecule has 31 heavy (non-hydrogen) atoms. The number of H-pyrrole nitrogens is 1.